The van der Waals surface area contributed by atoms with Crippen LogP contribution in [0.4, 0.5) is 0 Å². The van der Waals surface area contributed by atoms with Gasteiger partial charge in [0, 0.05) is 19.2 Å². The Labute approximate surface area is 167 Å². The second-order valence-electron chi connectivity index (χ2n) is 6.99. The third-order valence-electron chi connectivity index (χ3n) is 4.97. The summed E-state index contributed by atoms with van der Waals surface area (Å²) in [6.07, 6.45) is 3.08. The van der Waals surface area contributed by atoms with Crippen molar-refractivity contribution >= 4 is 17.5 Å². The predicted octanol–water partition coefficient (Wildman–Crippen LogP) is 2.62. The van der Waals surface area contributed by atoms with E-state index in [0.717, 1.165) is 24.5 Å². The zero-order valence-corrected chi connectivity index (χ0v) is 16.2. The van der Waals surface area contributed by atoms with E-state index in [-0.39, 0.29) is 17.0 Å². The summed E-state index contributed by atoms with van der Waals surface area (Å²) in [5.41, 5.74) is 1.21. The molecule has 1 aliphatic rings. The lowest BCUT2D eigenvalue weighted by atomic mass is 10.1. The molecular weight excluding hydrogens is 378 g/mol. The maximum atomic E-state index is 12.8. The van der Waals surface area contributed by atoms with Crippen molar-refractivity contribution in [2.75, 3.05) is 6.54 Å². The second-order valence-corrected chi connectivity index (χ2v) is 7.40. The van der Waals surface area contributed by atoms with Gasteiger partial charge in [0.2, 0.25) is 0 Å². The van der Waals surface area contributed by atoms with Crippen molar-refractivity contribution in [3.63, 3.8) is 0 Å². The molecule has 1 atom stereocenters. The van der Waals surface area contributed by atoms with Gasteiger partial charge in [0.15, 0.2) is 5.82 Å². The first kappa shape index (κ1) is 18.4. The van der Waals surface area contributed by atoms with E-state index in [1.807, 2.05) is 18.2 Å². The summed E-state index contributed by atoms with van der Waals surface area (Å²) in [4.78, 5) is 28.4. The minimum atomic E-state index is -0.409. The Balaban J connectivity index is 1.51. The molecule has 4 rings (SSSR count). The fraction of sp³-hybridized carbons (Fsp3) is 0.300. The largest absolute Gasteiger partial charge is 0.329 e. The number of aromatic nitrogens is 4. The number of nitrogens with one attached hydrogen (secondary N) is 1. The van der Waals surface area contributed by atoms with Crippen LogP contribution in [0.2, 0.25) is 5.02 Å². The van der Waals surface area contributed by atoms with Crippen molar-refractivity contribution in [2.24, 2.45) is 0 Å². The molecular formula is C20H20ClN5O2. The van der Waals surface area contributed by atoms with Gasteiger partial charge in [0.25, 0.3) is 11.5 Å². The number of hydrogen-bond donors (Lipinski definition) is 1. The minimum Gasteiger partial charge on any atom is -0.329 e. The van der Waals surface area contributed by atoms with Gasteiger partial charge < -0.3 is 14.5 Å². The van der Waals surface area contributed by atoms with E-state index in [9.17, 15) is 9.59 Å². The quantitative estimate of drug-likeness (QED) is 0.733. The van der Waals surface area contributed by atoms with Gasteiger partial charge in [0.1, 0.15) is 10.8 Å². The van der Waals surface area contributed by atoms with Crippen molar-refractivity contribution in [3.05, 3.63) is 80.7 Å². The third-order valence-corrected chi connectivity index (χ3v) is 5.25. The Morgan fingerprint density at radius 1 is 1.25 bits per heavy atom. The standard InChI is InChI=1S/C20H20ClN5O2/c1-13-11-25(20(28)15-9-16(21)19(27)22-10-15)12-18-24-23-17(26(13)18)8-7-14-5-3-2-4-6-14/h2-6,9-10,13H,7-8,11-12H2,1H3,(H,22,27)/t13-/m0/s1. The molecule has 7 nitrogen and oxygen atoms in total. The van der Waals surface area contributed by atoms with E-state index in [1.54, 1.807) is 4.90 Å². The van der Waals surface area contributed by atoms with Crippen LogP contribution in [0.5, 0.6) is 0 Å². The molecule has 0 radical (unpaired) electrons. The SMILES string of the molecule is C[C@H]1CN(C(=O)c2c[nH]c(=O)c(Cl)c2)Cc2nnc(CCc3ccccc3)n21. The zero-order chi connectivity index (χ0) is 19.7. The lowest BCUT2D eigenvalue weighted by Gasteiger charge is -2.32. The monoisotopic (exact) mass is 397 g/mol. The number of rotatable bonds is 4. The molecule has 0 aliphatic carbocycles. The van der Waals surface area contributed by atoms with Gasteiger partial charge in [-0.15, -0.1) is 10.2 Å². The predicted molar refractivity (Wildman–Crippen MR) is 105 cm³/mol. The lowest BCUT2D eigenvalue weighted by molar-refractivity contribution is 0.0679. The number of aryl methyl sites for hydroxylation is 2. The molecule has 3 aromatic rings. The molecule has 0 bridgehead atoms. The molecule has 1 amide bonds. The van der Waals surface area contributed by atoms with Gasteiger partial charge in [-0.25, -0.2) is 0 Å². The van der Waals surface area contributed by atoms with E-state index < -0.39 is 5.56 Å². The molecule has 0 unspecified atom stereocenters. The highest BCUT2D eigenvalue weighted by Gasteiger charge is 2.29. The number of carbonyl (C=O) groups excluding carboxylic acids is 1. The average molecular weight is 398 g/mol. The molecule has 0 fully saturated rings. The van der Waals surface area contributed by atoms with Crippen molar-refractivity contribution in [1.82, 2.24) is 24.6 Å². The molecule has 1 aliphatic heterocycles. The fourth-order valence-corrected chi connectivity index (χ4v) is 3.77. The first-order chi connectivity index (χ1) is 13.5. The number of nitrogens with zero attached hydrogens (tertiary/aromatic N) is 4. The number of carbonyl (C=O) groups is 1. The summed E-state index contributed by atoms with van der Waals surface area (Å²) in [5, 5.41) is 8.68. The average Bonchev–Trinajstić information content (AvgIpc) is 3.12. The number of pyridine rings is 1. The molecule has 144 valence electrons. The van der Waals surface area contributed by atoms with Crippen molar-refractivity contribution in [3.8, 4) is 0 Å². The van der Waals surface area contributed by atoms with Gasteiger partial charge in [-0.3, -0.25) is 9.59 Å². The normalized spacial score (nSPS) is 16.1. The molecule has 0 saturated carbocycles. The molecule has 1 N–H and O–H groups in total. The summed E-state index contributed by atoms with van der Waals surface area (Å²) in [7, 11) is 0. The second kappa shape index (κ2) is 7.59. The number of amides is 1. The molecule has 0 saturated heterocycles. The number of benzene rings is 1. The van der Waals surface area contributed by atoms with Crippen molar-refractivity contribution in [1.29, 1.82) is 0 Å². The van der Waals surface area contributed by atoms with E-state index in [4.69, 9.17) is 11.6 Å². The molecule has 2 aromatic heterocycles. The van der Waals surface area contributed by atoms with Crippen LogP contribution in [0, 0.1) is 0 Å². The smallest absolute Gasteiger partial charge is 0.266 e. The Bertz CT molecular complexity index is 1060. The van der Waals surface area contributed by atoms with Crippen LogP contribution >= 0.6 is 11.6 Å². The van der Waals surface area contributed by atoms with Crippen LogP contribution in [-0.4, -0.2) is 37.1 Å². The minimum absolute atomic E-state index is 0.00210. The molecule has 8 heteroatoms. The maximum absolute atomic E-state index is 12.8. The Morgan fingerprint density at radius 3 is 2.79 bits per heavy atom. The van der Waals surface area contributed by atoms with E-state index in [2.05, 4.69) is 38.8 Å². The topological polar surface area (TPSA) is 83.9 Å². The Hall–Kier alpha value is -2.93. The number of hydrogen-bond acceptors (Lipinski definition) is 4. The molecule has 1 aromatic carbocycles. The van der Waals surface area contributed by atoms with Gasteiger partial charge in [-0.2, -0.15) is 0 Å². The summed E-state index contributed by atoms with van der Waals surface area (Å²) >= 11 is 5.85. The Morgan fingerprint density at radius 2 is 2.04 bits per heavy atom. The highest BCUT2D eigenvalue weighted by atomic mass is 35.5. The van der Waals surface area contributed by atoms with Gasteiger partial charge in [0.05, 0.1) is 18.2 Å². The van der Waals surface area contributed by atoms with Gasteiger partial charge >= 0.3 is 0 Å². The van der Waals surface area contributed by atoms with E-state index in [0.29, 0.717) is 18.7 Å². The maximum Gasteiger partial charge on any atom is 0.266 e. The van der Waals surface area contributed by atoms with Crippen LogP contribution in [0.15, 0.2) is 47.4 Å². The molecule has 28 heavy (non-hydrogen) atoms. The fourth-order valence-electron chi connectivity index (χ4n) is 3.60. The highest BCUT2D eigenvalue weighted by molar-refractivity contribution is 6.30. The van der Waals surface area contributed by atoms with E-state index in [1.165, 1.54) is 17.8 Å². The van der Waals surface area contributed by atoms with Crippen LogP contribution in [0.3, 0.4) is 0 Å². The van der Waals surface area contributed by atoms with Gasteiger partial charge in [-0.1, -0.05) is 41.9 Å². The zero-order valence-electron chi connectivity index (χ0n) is 15.4. The number of halogens is 1. The van der Waals surface area contributed by atoms with Gasteiger partial charge in [-0.05, 0) is 25.0 Å². The Kier molecular flexibility index (Phi) is 5.00. The first-order valence-corrected chi connectivity index (χ1v) is 9.55. The summed E-state index contributed by atoms with van der Waals surface area (Å²) in [5.74, 6) is 1.52. The highest BCUT2D eigenvalue weighted by Crippen LogP contribution is 2.24. The van der Waals surface area contributed by atoms with Crippen molar-refractivity contribution < 1.29 is 4.79 Å². The first-order valence-electron chi connectivity index (χ1n) is 9.17. The number of H-pyrrole nitrogens is 1. The summed E-state index contributed by atoms with van der Waals surface area (Å²) < 4.78 is 2.13. The van der Waals surface area contributed by atoms with Crippen LogP contribution in [-0.2, 0) is 19.4 Å². The van der Waals surface area contributed by atoms with Crippen molar-refractivity contribution in [2.45, 2.75) is 32.4 Å². The van der Waals surface area contributed by atoms with Crippen LogP contribution in [0.1, 0.15) is 40.5 Å². The van der Waals surface area contributed by atoms with Crippen LogP contribution < -0.4 is 5.56 Å². The van der Waals surface area contributed by atoms with Crippen LogP contribution in [0.25, 0.3) is 0 Å². The third kappa shape index (κ3) is 3.57. The summed E-state index contributed by atoms with van der Waals surface area (Å²) in [6.45, 7) is 2.97. The number of fused-ring (bicyclic) bond motifs is 1. The molecule has 0 spiro atoms. The number of aromatic amines is 1. The van der Waals surface area contributed by atoms with E-state index >= 15 is 0 Å². The molecule has 3 heterocycles. The summed E-state index contributed by atoms with van der Waals surface area (Å²) in [6, 6.07) is 11.7. The lowest BCUT2D eigenvalue weighted by Crippen LogP contribution is -2.41.